The Kier molecular flexibility index (Phi) is 2.19. The van der Waals surface area contributed by atoms with Gasteiger partial charge in [-0.15, -0.1) is 0 Å². The van der Waals surface area contributed by atoms with Crippen LogP contribution in [0.15, 0.2) is 0 Å². The molecule has 0 aromatic carbocycles. The molecule has 3 nitrogen and oxygen atoms in total. The summed E-state index contributed by atoms with van der Waals surface area (Å²) in [5, 5.41) is 9.21. The highest BCUT2D eigenvalue weighted by Gasteiger charge is 1.88. The van der Waals surface area contributed by atoms with Gasteiger partial charge in [-0.3, -0.25) is 5.41 Å². The fourth-order valence-corrected chi connectivity index (χ4v) is 0.265. The van der Waals surface area contributed by atoms with Crippen LogP contribution in [0.3, 0.4) is 0 Å². The van der Waals surface area contributed by atoms with Gasteiger partial charge in [0.05, 0.1) is 0 Å². The topological polar surface area (TPSA) is 61.9 Å². The highest BCUT2D eigenvalue weighted by Crippen LogP contribution is 1.69. The number of nitrogens with two attached hydrogens (primary N) is 1. The predicted molar refractivity (Wildman–Crippen MR) is 29.9 cm³/mol. The predicted octanol–water partition coefficient (Wildman–Crippen LogP) is -0.308. The zero-order valence-electron chi connectivity index (χ0n) is 4.36. The molecule has 0 aromatic rings. The van der Waals surface area contributed by atoms with Gasteiger partial charge in [0.15, 0.2) is 5.96 Å². The van der Waals surface area contributed by atoms with Crippen molar-refractivity contribution in [1.82, 2.24) is 5.32 Å². The molecule has 1 atom stereocenters. The summed E-state index contributed by atoms with van der Waals surface area (Å²) in [6.07, 6.45) is 0. The third-order valence-corrected chi connectivity index (χ3v) is 0.402. The number of hydrogen-bond donors (Lipinski definition) is 3. The molecule has 1 radical (unpaired) electrons. The van der Waals surface area contributed by atoms with Gasteiger partial charge >= 0.3 is 0 Å². The first-order valence-corrected chi connectivity index (χ1v) is 2.06. The smallest absolute Gasteiger partial charge is 0.185 e. The minimum atomic E-state index is -0.0255. The van der Waals surface area contributed by atoms with E-state index in [1.165, 1.54) is 0 Å². The van der Waals surface area contributed by atoms with Crippen LogP contribution >= 0.6 is 0 Å². The second-order valence-corrected chi connectivity index (χ2v) is 1.46. The molecule has 0 aliphatic heterocycles. The van der Waals surface area contributed by atoms with Crippen molar-refractivity contribution in [2.45, 2.75) is 13.0 Å². The van der Waals surface area contributed by atoms with Crippen LogP contribution < -0.4 is 11.1 Å². The van der Waals surface area contributed by atoms with Crippen molar-refractivity contribution in [3.63, 3.8) is 0 Å². The SMILES string of the molecule is [CH2][C@@H](C)NC(=N)N. The van der Waals surface area contributed by atoms with E-state index in [2.05, 4.69) is 12.2 Å². The molecule has 0 aliphatic rings. The maximum absolute atomic E-state index is 6.65. The zero-order chi connectivity index (χ0) is 5.86. The van der Waals surface area contributed by atoms with Gasteiger partial charge in [0.2, 0.25) is 0 Å². The lowest BCUT2D eigenvalue weighted by Gasteiger charge is -2.04. The molecule has 0 amide bonds. The molecule has 0 bridgehead atoms. The standard InChI is InChI=1S/C4H10N3/c1-3(2)7-4(5)6/h3H,1H2,2H3,(H4,5,6,7)/t3-/m0/s1. The molecule has 0 spiro atoms. The van der Waals surface area contributed by atoms with E-state index >= 15 is 0 Å². The van der Waals surface area contributed by atoms with E-state index in [1.807, 2.05) is 6.92 Å². The molecule has 41 valence electrons. The molecule has 0 fully saturated rings. The Balaban J connectivity index is 3.13. The number of rotatable bonds is 1. The first-order chi connectivity index (χ1) is 3.13. The quantitative estimate of drug-likeness (QED) is 0.313. The molecule has 0 saturated heterocycles. The highest BCUT2D eigenvalue weighted by molar-refractivity contribution is 5.74. The van der Waals surface area contributed by atoms with E-state index in [0.717, 1.165) is 0 Å². The van der Waals surface area contributed by atoms with Crippen molar-refractivity contribution < 1.29 is 0 Å². The van der Waals surface area contributed by atoms with Crippen LogP contribution in [0.4, 0.5) is 0 Å². The molecule has 0 unspecified atom stereocenters. The summed E-state index contributed by atoms with van der Waals surface area (Å²) >= 11 is 0. The van der Waals surface area contributed by atoms with Gasteiger partial charge in [-0.1, -0.05) is 0 Å². The fraction of sp³-hybridized carbons (Fsp3) is 0.500. The Morgan fingerprint density at radius 1 is 2.00 bits per heavy atom. The lowest BCUT2D eigenvalue weighted by Crippen LogP contribution is -2.35. The largest absolute Gasteiger partial charge is 0.370 e. The molecule has 4 N–H and O–H groups in total. The second kappa shape index (κ2) is 2.44. The number of guanidine groups is 1. The Morgan fingerprint density at radius 2 is 2.43 bits per heavy atom. The molecule has 7 heavy (non-hydrogen) atoms. The fourth-order valence-electron chi connectivity index (χ4n) is 0.265. The summed E-state index contributed by atoms with van der Waals surface area (Å²) in [5.74, 6) is -0.0255. The van der Waals surface area contributed by atoms with Gasteiger partial charge in [0, 0.05) is 6.04 Å². The van der Waals surface area contributed by atoms with Crippen LogP contribution in [0.25, 0.3) is 0 Å². The minimum absolute atomic E-state index is 0.0255. The van der Waals surface area contributed by atoms with Gasteiger partial charge in [-0.2, -0.15) is 0 Å². The highest BCUT2D eigenvalue weighted by atomic mass is 15.1. The molecule has 3 heteroatoms. The van der Waals surface area contributed by atoms with Crippen molar-refractivity contribution in [3.05, 3.63) is 6.92 Å². The molecular formula is C4H10N3. The van der Waals surface area contributed by atoms with Crippen LogP contribution in [0.5, 0.6) is 0 Å². The lowest BCUT2D eigenvalue weighted by molar-refractivity contribution is 0.791. The Hall–Kier alpha value is -0.730. The maximum atomic E-state index is 6.65. The molecular weight excluding hydrogens is 90.1 g/mol. The van der Waals surface area contributed by atoms with Crippen LogP contribution in [0.1, 0.15) is 6.92 Å². The Labute approximate surface area is 43.4 Å². The molecule has 0 rings (SSSR count). The summed E-state index contributed by atoms with van der Waals surface area (Å²) in [5.41, 5.74) is 4.93. The zero-order valence-corrected chi connectivity index (χ0v) is 4.36. The van der Waals surface area contributed by atoms with E-state index in [1.54, 1.807) is 0 Å². The summed E-state index contributed by atoms with van der Waals surface area (Å²) in [7, 11) is 0. The average molecular weight is 100 g/mol. The third kappa shape index (κ3) is 5.27. The maximum Gasteiger partial charge on any atom is 0.185 e. The first kappa shape index (κ1) is 6.27. The first-order valence-electron chi connectivity index (χ1n) is 2.06. The number of hydrogen-bond acceptors (Lipinski definition) is 1. The van der Waals surface area contributed by atoms with Crippen molar-refractivity contribution in [2.75, 3.05) is 0 Å². The molecule has 0 aromatic heterocycles. The second-order valence-electron chi connectivity index (χ2n) is 1.46. The van der Waals surface area contributed by atoms with Crippen LogP contribution in [0.2, 0.25) is 0 Å². The van der Waals surface area contributed by atoms with Crippen molar-refractivity contribution in [3.8, 4) is 0 Å². The average Bonchev–Trinajstić information content (AvgIpc) is 1.27. The van der Waals surface area contributed by atoms with E-state index in [-0.39, 0.29) is 12.0 Å². The molecule has 0 aliphatic carbocycles. The Bertz CT molecular complexity index is 67.3. The summed E-state index contributed by atoms with van der Waals surface area (Å²) in [4.78, 5) is 0. The van der Waals surface area contributed by atoms with Gasteiger partial charge in [-0.05, 0) is 13.8 Å². The van der Waals surface area contributed by atoms with Gasteiger partial charge in [0.25, 0.3) is 0 Å². The van der Waals surface area contributed by atoms with E-state index in [4.69, 9.17) is 11.1 Å². The summed E-state index contributed by atoms with van der Waals surface area (Å²) in [6.45, 7) is 5.37. The Morgan fingerprint density at radius 3 is 2.43 bits per heavy atom. The van der Waals surface area contributed by atoms with Gasteiger partial charge in [0.1, 0.15) is 0 Å². The normalized spacial score (nSPS) is 9.00. The lowest BCUT2D eigenvalue weighted by atomic mass is 10.4. The summed E-state index contributed by atoms with van der Waals surface area (Å²) < 4.78 is 0. The van der Waals surface area contributed by atoms with Gasteiger partial charge in [-0.25, -0.2) is 0 Å². The van der Waals surface area contributed by atoms with Crippen molar-refractivity contribution in [2.24, 2.45) is 5.73 Å². The van der Waals surface area contributed by atoms with Crippen molar-refractivity contribution >= 4 is 5.96 Å². The van der Waals surface area contributed by atoms with E-state index in [0.29, 0.717) is 0 Å². The third-order valence-electron chi connectivity index (χ3n) is 0.402. The van der Waals surface area contributed by atoms with E-state index < -0.39 is 0 Å². The van der Waals surface area contributed by atoms with Crippen LogP contribution in [-0.4, -0.2) is 12.0 Å². The van der Waals surface area contributed by atoms with Gasteiger partial charge < -0.3 is 11.1 Å². The van der Waals surface area contributed by atoms with E-state index in [9.17, 15) is 0 Å². The minimum Gasteiger partial charge on any atom is -0.370 e. The number of nitrogens with one attached hydrogen (secondary N) is 2. The van der Waals surface area contributed by atoms with Crippen molar-refractivity contribution in [1.29, 1.82) is 5.41 Å². The molecule has 0 heterocycles. The summed E-state index contributed by atoms with van der Waals surface area (Å²) in [6, 6.07) is 0.0255. The van der Waals surface area contributed by atoms with Crippen LogP contribution in [0, 0.1) is 12.3 Å². The van der Waals surface area contributed by atoms with Crippen LogP contribution in [-0.2, 0) is 0 Å². The monoisotopic (exact) mass is 100 g/mol. The molecule has 0 saturated carbocycles.